The van der Waals surface area contributed by atoms with Gasteiger partial charge in [0, 0.05) is 0 Å². The Balaban J connectivity index is 3.40. The second-order valence-corrected chi connectivity index (χ2v) is 3.35. The first-order valence-corrected chi connectivity index (χ1v) is 4.88. The molecule has 0 saturated heterocycles. The Morgan fingerprint density at radius 2 is 2.00 bits per heavy atom. The summed E-state index contributed by atoms with van der Waals surface area (Å²) in [5, 5.41) is 0. The lowest BCUT2D eigenvalue weighted by Crippen LogP contribution is -2.12. The van der Waals surface area contributed by atoms with Gasteiger partial charge in [0.25, 0.3) is 0 Å². The summed E-state index contributed by atoms with van der Waals surface area (Å²) in [7, 11) is 1.08. The van der Waals surface area contributed by atoms with Crippen LogP contribution in [0.5, 0.6) is 5.75 Å². The van der Waals surface area contributed by atoms with Gasteiger partial charge < -0.3 is 4.74 Å². The molecule has 2 nitrogen and oxygen atoms in total. The maximum Gasteiger partial charge on any atom is 0.419 e. The van der Waals surface area contributed by atoms with Crippen molar-refractivity contribution in [3.05, 3.63) is 29.1 Å². The molecule has 7 heteroatoms. The topological polar surface area (TPSA) is 26.3 Å². The zero-order chi connectivity index (χ0) is 13.2. The van der Waals surface area contributed by atoms with Crippen molar-refractivity contribution in [3.63, 3.8) is 0 Å². The maximum atomic E-state index is 13.2. The highest BCUT2D eigenvalue weighted by Gasteiger charge is 2.35. The van der Waals surface area contributed by atoms with Crippen molar-refractivity contribution in [2.45, 2.75) is 6.18 Å². The molecule has 0 amide bonds. The molecule has 1 aromatic carbocycles. The number of hydrogen-bond donors (Lipinski definition) is 0. The summed E-state index contributed by atoms with van der Waals surface area (Å²) < 4.78 is 54.9. The van der Waals surface area contributed by atoms with E-state index in [-0.39, 0.29) is 11.3 Å². The largest absolute Gasteiger partial charge is 0.496 e. The van der Waals surface area contributed by atoms with Crippen molar-refractivity contribution in [1.29, 1.82) is 0 Å². The fourth-order valence-electron chi connectivity index (χ4n) is 1.23. The number of benzene rings is 1. The lowest BCUT2D eigenvalue weighted by Gasteiger charge is -2.12. The van der Waals surface area contributed by atoms with Crippen molar-refractivity contribution >= 4 is 17.4 Å². The van der Waals surface area contributed by atoms with Crippen LogP contribution in [-0.2, 0) is 6.18 Å². The lowest BCUT2D eigenvalue weighted by atomic mass is 10.1. The van der Waals surface area contributed by atoms with Crippen LogP contribution in [0.4, 0.5) is 17.6 Å². The van der Waals surface area contributed by atoms with Gasteiger partial charge in [0.2, 0.25) is 0 Å². The van der Waals surface area contributed by atoms with Crippen molar-refractivity contribution < 1.29 is 27.1 Å². The molecular weight excluding hydrogens is 264 g/mol. The van der Waals surface area contributed by atoms with Crippen LogP contribution in [0.25, 0.3) is 0 Å². The van der Waals surface area contributed by atoms with Crippen LogP contribution in [0.1, 0.15) is 15.9 Å². The van der Waals surface area contributed by atoms with Crippen molar-refractivity contribution in [1.82, 2.24) is 0 Å². The number of Topliss-reactive ketones (excluding diaryl/α,β-unsaturated/α-hetero) is 1. The highest BCUT2D eigenvalue weighted by Crippen LogP contribution is 2.35. The Morgan fingerprint density at radius 1 is 1.41 bits per heavy atom. The van der Waals surface area contributed by atoms with Crippen LogP contribution >= 0.6 is 11.6 Å². The van der Waals surface area contributed by atoms with Crippen molar-refractivity contribution in [2.75, 3.05) is 13.0 Å². The molecule has 0 spiro atoms. The number of halogens is 5. The van der Waals surface area contributed by atoms with E-state index in [4.69, 9.17) is 11.6 Å². The van der Waals surface area contributed by atoms with E-state index in [1.165, 1.54) is 0 Å². The molecule has 1 rings (SSSR count). The summed E-state index contributed by atoms with van der Waals surface area (Å²) in [6.45, 7) is 0. The third kappa shape index (κ3) is 2.88. The van der Waals surface area contributed by atoms with E-state index in [0.29, 0.717) is 12.1 Å². The molecule has 0 fully saturated rings. The monoisotopic (exact) mass is 270 g/mol. The number of ketones is 1. The quantitative estimate of drug-likeness (QED) is 0.479. The highest BCUT2D eigenvalue weighted by atomic mass is 35.5. The van der Waals surface area contributed by atoms with Gasteiger partial charge in [-0.25, -0.2) is 4.39 Å². The first kappa shape index (κ1) is 13.8. The molecule has 94 valence electrons. The van der Waals surface area contributed by atoms with E-state index >= 15 is 0 Å². The fraction of sp³-hybridized carbons (Fsp3) is 0.300. The zero-order valence-corrected chi connectivity index (χ0v) is 9.32. The predicted octanol–water partition coefficient (Wildman–Crippen LogP) is 3.27. The van der Waals surface area contributed by atoms with Gasteiger partial charge in [0.15, 0.2) is 5.78 Å². The first-order chi connectivity index (χ1) is 7.81. The van der Waals surface area contributed by atoms with E-state index in [0.717, 1.165) is 7.11 Å². The van der Waals surface area contributed by atoms with Crippen molar-refractivity contribution in [3.8, 4) is 5.75 Å². The number of carbonyl (C=O) groups excluding carboxylic acids is 1. The van der Waals surface area contributed by atoms with Crippen LogP contribution in [0, 0.1) is 5.82 Å². The molecule has 0 aliphatic carbocycles. The third-order valence-electron chi connectivity index (χ3n) is 2.02. The standard InChI is InChI=1S/C10H7ClF4O2/c1-17-9-3-6(10(13,14)15)7(12)2-5(9)8(16)4-11/h2-3H,4H2,1H3. The van der Waals surface area contributed by atoms with Crippen LogP contribution in [-0.4, -0.2) is 18.8 Å². The molecule has 0 unspecified atom stereocenters. The molecular formula is C10H7ClF4O2. The molecule has 0 bridgehead atoms. The molecule has 0 N–H and O–H groups in total. The Hall–Kier alpha value is -1.30. The van der Waals surface area contributed by atoms with E-state index in [9.17, 15) is 22.4 Å². The number of ether oxygens (including phenoxy) is 1. The average Bonchev–Trinajstić information content (AvgIpc) is 2.26. The van der Waals surface area contributed by atoms with Gasteiger partial charge in [-0.05, 0) is 12.1 Å². The minimum Gasteiger partial charge on any atom is -0.496 e. The zero-order valence-electron chi connectivity index (χ0n) is 8.57. The van der Waals surface area contributed by atoms with E-state index in [2.05, 4.69) is 4.74 Å². The second kappa shape index (κ2) is 4.91. The van der Waals surface area contributed by atoms with Gasteiger partial charge in [-0.15, -0.1) is 11.6 Å². The normalized spacial score (nSPS) is 11.4. The minimum atomic E-state index is -4.85. The Morgan fingerprint density at radius 3 is 2.41 bits per heavy atom. The molecule has 1 aromatic rings. The summed E-state index contributed by atoms with van der Waals surface area (Å²) in [4.78, 5) is 11.2. The van der Waals surface area contributed by atoms with Crippen molar-refractivity contribution in [2.24, 2.45) is 0 Å². The summed E-state index contributed by atoms with van der Waals surface area (Å²) >= 11 is 5.25. The first-order valence-electron chi connectivity index (χ1n) is 4.35. The van der Waals surface area contributed by atoms with Crippen LogP contribution in [0.2, 0.25) is 0 Å². The highest BCUT2D eigenvalue weighted by molar-refractivity contribution is 6.30. The third-order valence-corrected chi connectivity index (χ3v) is 2.26. The number of carbonyl (C=O) groups is 1. The summed E-state index contributed by atoms with van der Waals surface area (Å²) in [5.41, 5.74) is -1.80. The summed E-state index contributed by atoms with van der Waals surface area (Å²) in [5.74, 6) is -3.08. The molecule has 0 atom stereocenters. The van der Waals surface area contributed by atoms with Gasteiger partial charge >= 0.3 is 6.18 Å². The molecule has 17 heavy (non-hydrogen) atoms. The van der Waals surface area contributed by atoms with E-state index in [1.54, 1.807) is 0 Å². The molecule has 0 saturated carbocycles. The molecule has 0 aliphatic rings. The fourth-order valence-corrected chi connectivity index (χ4v) is 1.37. The van der Waals surface area contributed by atoms with Gasteiger partial charge in [-0.3, -0.25) is 4.79 Å². The Labute approximate surface area is 99.1 Å². The predicted molar refractivity (Wildman–Crippen MR) is 53.0 cm³/mol. The Bertz CT molecular complexity index is 443. The number of rotatable bonds is 3. The van der Waals surface area contributed by atoms with Gasteiger partial charge in [-0.1, -0.05) is 0 Å². The summed E-state index contributed by atoms with van der Waals surface area (Å²) in [6.07, 6.45) is -4.85. The number of methoxy groups -OCH3 is 1. The Kier molecular flexibility index (Phi) is 3.98. The lowest BCUT2D eigenvalue weighted by molar-refractivity contribution is -0.140. The molecule has 0 aromatic heterocycles. The van der Waals surface area contributed by atoms with Crippen LogP contribution in [0.3, 0.4) is 0 Å². The van der Waals surface area contributed by atoms with E-state index < -0.39 is 29.2 Å². The molecule has 0 heterocycles. The SMILES string of the molecule is COc1cc(C(F)(F)F)c(F)cc1C(=O)CCl. The van der Waals surface area contributed by atoms with Gasteiger partial charge in [0.05, 0.1) is 24.1 Å². The van der Waals surface area contributed by atoms with Gasteiger partial charge in [-0.2, -0.15) is 13.2 Å². The van der Waals surface area contributed by atoms with Crippen LogP contribution in [0.15, 0.2) is 12.1 Å². The average molecular weight is 271 g/mol. The smallest absolute Gasteiger partial charge is 0.419 e. The maximum absolute atomic E-state index is 13.2. The molecule has 0 aliphatic heterocycles. The van der Waals surface area contributed by atoms with E-state index in [1.807, 2.05) is 0 Å². The van der Waals surface area contributed by atoms with Gasteiger partial charge in [0.1, 0.15) is 11.6 Å². The number of hydrogen-bond acceptors (Lipinski definition) is 2. The minimum absolute atomic E-state index is 0.312. The summed E-state index contributed by atoms with van der Waals surface area (Å²) in [6, 6.07) is 0.918. The second-order valence-electron chi connectivity index (χ2n) is 3.09. The number of alkyl halides is 4. The van der Waals surface area contributed by atoms with Crippen LogP contribution < -0.4 is 4.74 Å². The molecule has 0 radical (unpaired) electrons.